The number of pyridine rings is 1. The zero-order valence-corrected chi connectivity index (χ0v) is 19.3. The fourth-order valence-corrected chi connectivity index (χ4v) is 4.14. The van der Waals surface area contributed by atoms with Gasteiger partial charge in [0.15, 0.2) is 0 Å². The smallest absolute Gasteiger partial charge is 0.280 e. The Morgan fingerprint density at radius 2 is 2.09 bits per heavy atom. The number of hydrogen-bond acceptors (Lipinski definition) is 8. The highest BCUT2D eigenvalue weighted by Gasteiger charge is 2.31. The minimum atomic E-state index is -2.59. The molecule has 0 radical (unpaired) electrons. The van der Waals surface area contributed by atoms with Gasteiger partial charge in [0, 0.05) is 31.9 Å². The van der Waals surface area contributed by atoms with E-state index < -0.39 is 6.43 Å². The molecule has 2 aliphatic heterocycles. The van der Waals surface area contributed by atoms with Crippen LogP contribution >= 0.6 is 11.6 Å². The summed E-state index contributed by atoms with van der Waals surface area (Å²) in [5.74, 6) is 1.91. The summed E-state index contributed by atoms with van der Waals surface area (Å²) in [6.45, 7) is 3.77. The van der Waals surface area contributed by atoms with Crippen LogP contribution < -0.4 is 5.32 Å². The zero-order valence-electron chi connectivity index (χ0n) is 18.5. The predicted molar refractivity (Wildman–Crippen MR) is 124 cm³/mol. The first-order chi connectivity index (χ1) is 16.4. The first kappa shape index (κ1) is 22.2. The SMILES string of the molecule is C[C@H]1CN2CC(c3nc(Nc4ccnn4C)ncc3Cl)=NC2=CN1Cc1cccc(C(F)F)n1. The predicted octanol–water partition coefficient (Wildman–Crippen LogP) is 3.75. The molecular weight excluding hydrogens is 464 g/mol. The standard InChI is InChI=1S/C22H22ClF2N9/c1-13-9-34-11-17(20-15(23)8-26-22(31-20)30-18-6-7-27-32(18)2)29-19(34)12-33(13)10-14-4-3-5-16(28-14)21(24)25/h3-8,12-13,21H,9-11H2,1-2H3,(H,26,30,31)/t13-/m0/s1. The molecule has 0 fully saturated rings. The van der Waals surface area contributed by atoms with Crippen molar-refractivity contribution in [2.45, 2.75) is 25.9 Å². The van der Waals surface area contributed by atoms with Crippen molar-refractivity contribution in [3.63, 3.8) is 0 Å². The number of nitrogens with zero attached hydrogens (tertiary/aromatic N) is 8. The third-order valence-electron chi connectivity index (χ3n) is 5.72. The summed E-state index contributed by atoms with van der Waals surface area (Å²) < 4.78 is 27.7. The van der Waals surface area contributed by atoms with Crippen molar-refractivity contribution in [1.29, 1.82) is 0 Å². The molecular formula is C22H22ClF2N9. The first-order valence-electron chi connectivity index (χ1n) is 10.7. The lowest BCUT2D eigenvalue weighted by Crippen LogP contribution is -2.43. The van der Waals surface area contributed by atoms with Gasteiger partial charge in [0.1, 0.15) is 23.0 Å². The van der Waals surface area contributed by atoms with Gasteiger partial charge in [-0.3, -0.25) is 4.68 Å². The van der Waals surface area contributed by atoms with Gasteiger partial charge in [-0.05, 0) is 19.1 Å². The number of nitrogens with one attached hydrogen (secondary N) is 1. The van der Waals surface area contributed by atoms with Crippen LogP contribution in [0.3, 0.4) is 0 Å². The Morgan fingerprint density at radius 3 is 2.85 bits per heavy atom. The van der Waals surface area contributed by atoms with E-state index in [2.05, 4.69) is 42.1 Å². The maximum atomic E-state index is 13.0. The van der Waals surface area contributed by atoms with E-state index in [4.69, 9.17) is 16.6 Å². The summed E-state index contributed by atoms with van der Waals surface area (Å²) in [6.07, 6.45) is 2.57. The van der Waals surface area contributed by atoms with Gasteiger partial charge in [-0.25, -0.2) is 28.7 Å². The van der Waals surface area contributed by atoms with Gasteiger partial charge in [-0.2, -0.15) is 5.10 Å². The summed E-state index contributed by atoms with van der Waals surface area (Å²) >= 11 is 6.42. The van der Waals surface area contributed by atoms with Crippen LogP contribution in [-0.4, -0.2) is 59.4 Å². The Bertz CT molecular complexity index is 1270. The second kappa shape index (κ2) is 8.98. The van der Waals surface area contributed by atoms with Crippen molar-refractivity contribution < 1.29 is 8.78 Å². The molecule has 5 rings (SSSR count). The van der Waals surface area contributed by atoms with Crippen molar-refractivity contribution in [1.82, 2.24) is 34.5 Å². The van der Waals surface area contributed by atoms with Crippen LogP contribution in [0.15, 0.2) is 53.7 Å². The molecule has 12 heteroatoms. The minimum absolute atomic E-state index is 0.137. The highest BCUT2D eigenvalue weighted by Crippen LogP contribution is 2.28. The van der Waals surface area contributed by atoms with E-state index in [0.29, 0.717) is 35.4 Å². The molecule has 3 aromatic heterocycles. The Hall–Kier alpha value is -3.60. The lowest BCUT2D eigenvalue weighted by molar-refractivity contribution is 0.145. The Labute approximate surface area is 199 Å². The van der Waals surface area contributed by atoms with Crippen LogP contribution in [0, 0.1) is 0 Å². The zero-order chi connectivity index (χ0) is 23.8. The van der Waals surface area contributed by atoms with Crippen LogP contribution in [0.4, 0.5) is 20.5 Å². The molecule has 5 heterocycles. The van der Waals surface area contributed by atoms with Crippen molar-refractivity contribution in [2.24, 2.45) is 12.0 Å². The molecule has 0 saturated heterocycles. The Balaban J connectivity index is 1.38. The van der Waals surface area contributed by atoms with E-state index in [0.717, 1.165) is 23.9 Å². The highest BCUT2D eigenvalue weighted by molar-refractivity contribution is 6.34. The summed E-state index contributed by atoms with van der Waals surface area (Å²) in [5, 5.41) is 7.66. The third kappa shape index (κ3) is 4.43. The van der Waals surface area contributed by atoms with Crippen LogP contribution in [0.2, 0.25) is 5.02 Å². The van der Waals surface area contributed by atoms with Gasteiger partial charge >= 0.3 is 0 Å². The maximum absolute atomic E-state index is 13.0. The minimum Gasteiger partial charge on any atom is -0.364 e. The van der Waals surface area contributed by atoms with Crippen LogP contribution in [-0.2, 0) is 13.6 Å². The van der Waals surface area contributed by atoms with E-state index in [9.17, 15) is 8.78 Å². The summed E-state index contributed by atoms with van der Waals surface area (Å²) in [5.41, 5.74) is 1.66. The molecule has 0 saturated carbocycles. The molecule has 3 aromatic rings. The van der Waals surface area contributed by atoms with Gasteiger partial charge < -0.3 is 15.1 Å². The van der Waals surface area contributed by atoms with E-state index in [-0.39, 0.29) is 11.7 Å². The average molecular weight is 486 g/mol. The molecule has 0 unspecified atom stereocenters. The number of aryl methyl sites for hydroxylation is 1. The average Bonchev–Trinajstić information content (AvgIpc) is 3.41. The lowest BCUT2D eigenvalue weighted by atomic mass is 10.2. The molecule has 0 aliphatic carbocycles. The largest absolute Gasteiger partial charge is 0.364 e. The molecule has 9 nitrogen and oxygen atoms in total. The molecule has 1 atom stereocenters. The number of alkyl halides is 2. The molecule has 34 heavy (non-hydrogen) atoms. The van der Waals surface area contributed by atoms with Gasteiger partial charge in [-0.15, -0.1) is 0 Å². The van der Waals surface area contributed by atoms with Crippen molar-refractivity contribution in [3.8, 4) is 0 Å². The Kier molecular flexibility index (Phi) is 5.86. The van der Waals surface area contributed by atoms with E-state index in [1.807, 2.05) is 19.3 Å². The highest BCUT2D eigenvalue weighted by atomic mass is 35.5. The summed E-state index contributed by atoms with van der Waals surface area (Å²) in [4.78, 5) is 21.9. The maximum Gasteiger partial charge on any atom is 0.280 e. The number of aromatic nitrogens is 5. The topological polar surface area (TPSA) is 87.4 Å². The molecule has 176 valence electrons. The lowest BCUT2D eigenvalue weighted by Gasteiger charge is -2.36. The van der Waals surface area contributed by atoms with E-state index in [1.165, 1.54) is 6.07 Å². The first-order valence-corrected chi connectivity index (χ1v) is 11.1. The normalized spacial score (nSPS) is 17.6. The number of rotatable bonds is 6. The summed E-state index contributed by atoms with van der Waals surface area (Å²) in [7, 11) is 1.82. The molecule has 0 bridgehead atoms. The number of hydrogen-bond donors (Lipinski definition) is 1. The van der Waals surface area contributed by atoms with Gasteiger partial charge in [0.2, 0.25) is 5.95 Å². The number of fused-ring (bicyclic) bond motifs is 1. The Morgan fingerprint density at radius 1 is 1.24 bits per heavy atom. The van der Waals surface area contributed by atoms with Crippen LogP contribution in [0.5, 0.6) is 0 Å². The van der Waals surface area contributed by atoms with Gasteiger partial charge in [0.25, 0.3) is 6.43 Å². The van der Waals surface area contributed by atoms with Crippen molar-refractivity contribution in [3.05, 3.63) is 70.8 Å². The second-order valence-corrected chi connectivity index (χ2v) is 8.56. The van der Waals surface area contributed by atoms with Crippen molar-refractivity contribution >= 4 is 29.1 Å². The number of aliphatic imine (C=N–C) groups is 1. The van der Waals surface area contributed by atoms with E-state index in [1.54, 1.807) is 29.2 Å². The van der Waals surface area contributed by atoms with Crippen LogP contribution in [0.25, 0.3) is 0 Å². The molecule has 2 aliphatic rings. The molecule has 0 spiro atoms. The number of halogens is 3. The monoisotopic (exact) mass is 485 g/mol. The second-order valence-electron chi connectivity index (χ2n) is 8.16. The van der Waals surface area contributed by atoms with Crippen molar-refractivity contribution in [2.75, 3.05) is 18.4 Å². The fraction of sp³-hybridized carbons (Fsp3) is 0.318. The number of anilines is 2. The van der Waals surface area contributed by atoms with Gasteiger partial charge in [0.05, 0.1) is 41.9 Å². The van der Waals surface area contributed by atoms with Crippen LogP contribution in [0.1, 0.15) is 30.4 Å². The van der Waals surface area contributed by atoms with E-state index >= 15 is 0 Å². The molecule has 0 aromatic carbocycles. The quantitative estimate of drug-likeness (QED) is 0.569. The fourth-order valence-electron chi connectivity index (χ4n) is 3.94. The summed E-state index contributed by atoms with van der Waals surface area (Å²) in [6, 6.07) is 6.66. The molecule has 1 N–H and O–H groups in total. The molecule has 0 amide bonds. The van der Waals surface area contributed by atoms with Gasteiger partial charge in [-0.1, -0.05) is 17.7 Å². The third-order valence-corrected chi connectivity index (χ3v) is 6.00.